The van der Waals surface area contributed by atoms with E-state index in [1.165, 1.54) is 22.5 Å². The molecule has 1 aromatic carbocycles. The molecule has 2 aliphatic heterocycles. The summed E-state index contributed by atoms with van der Waals surface area (Å²) in [5.41, 5.74) is 3.32. The predicted molar refractivity (Wildman–Crippen MR) is 135 cm³/mol. The van der Waals surface area contributed by atoms with Crippen LogP contribution in [0.3, 0.4) is 0 Å². The number of anilines is 1. The van der Waals surface area contributed by atoms with Gasteiger partial charge in [0, 0.05) is 31.1 Å². The zero-order chi connectivity index (χ0) is 22.9. The quantitative estimate of drug-likeness (QED) is 0.577. The minimum absolute atomic E-state index is 0.0334. The molecule has 5 nitrogen and oxygen atoms in total. The van der Waals surface area contributed by atoms with Crippen molar-refractivity contribution in [3.05, 3.63) is 51.7 Å². The molecule has 2 aromatic rings. The van der Waals surface area contributed by atoms with Crippen LogP contribution in [0.4, 0.5) is 10.5 Å². The first-order chi connectivity index (χ1) is 15.3. The van der Waals surface area contributed by atoms with Crippen molar-refractivity contribution in [2.75, 3.05) is 30.7 Å². The van der Waals surface area contributed by atoms with E-state index < -0.39 is 0 Å². The molecule has 1 aromatic heterocycles. The highest BCUT2D eigenvalue weighted by Crippen LogP contribution is 2.45. The number of hydrogen-bond donors (Lipinski definition) is 1. The molecule has 2 aliphatic rings. The van der Waals surface area contributed by atoms with Crippen LogP contribution in [0.15, 0.2) is 35.7 Å². The Labute approximate surface area is 199 Å². The van der Waals surface area contributed by atoms with Gasteiger partial charge in [0.05, 0.1) is 9.75 Å². The number of hydrogen-bond acceptors (Lipinski definition) is 4. The van der Waals surface area contributed by atoms with Gasteiger partial charge in [0.1, 0.15) is 0 Å². The average molecular weight is 472 g/mol. The standard InChI is InChI=1S/C25H33N3O2S2/c1-17(2)19-7-5-8-20(18(3)4)22(19)26-24(30)27-12-10-25(11-13-27)28(14-16-32-25)23(29)21-9-6-15-31-21/h5-9,15,17-18H,10-14,16H2,1-4H3,(H,26,30). The van der Waals surface area contributed by atoms with Crippen LogP contribution in [0.2, 0.25) is 0 Å². The molecule has 4 rings (SSSR count). The van der Waals surface area contributed by atoms with E-state index >= 15 is 0 Å². The van der Waals surface area contributed by atoms with E-state index in [0.29, 0.717) is 24.9 Å². The van der Waals surface area contributed by atoms with Gasteiger partial charge in [-0.15, -0.1) is 23.1 Å². The molecule has 3 amide bonds. The molecule has 0 unspecified atom stereocenters. The largest absolute Gasteiger partial charge is 0.324 e. The molecule has 32 heavy (non-hydrogen) atoms. The third kappa shape index (κ3) is 4.42. The van der Waals surface area contributed by atoms with Crippen molar-refractivity contribution in [3.63, 3.8) is 0 Å². The van der Waals surface area contributed by atoms with Gasteiger partial charge in [-0.1, -0.05) is 52.0 Å². The van der Waals surface area contributed by atoms with Crippen LogP contribution in [-0.2, 0) is 0 Å². The molecule has 0 radical (unpaired) electrons. The number of rotatable bonds is 4. The van der Waals surface area contributed by atoms with Crippen LogP contribution >= 0.6 is 23.1 Å². The average Bonchev–Trinajstić information content (AvgIpc) is 3.44. The van der Waals surface area contributed by atoms with Gasteiger partial charge in [0.15, 0.2) is 0 Å². The van der Waals surface area contributed by atoms with E-state index in [0.717, 1.165) is 35.7 Å². The van der Waals surface area contributed by atoms with E-state index in [9.17, 15) is 9.59 Å². The molecular weight excluding hydrogens is 438 g/mol. The summed E-state index contributed by atoms with van der Waals surface area (Å²) in [6.45, 7) is 10.8. The Morgan fingerprint density at radius 3 is 2.19 bits per heavy atom. The van der Waals surface area contributed by atoms with Crippen LogP contribution < -0.4 is 5.32 Å². The normalized spacial score (nSPS) is 18.1. The third-order valence-corrected chi connectivity index (χ3v) is 9.00. The summed E-state index contributed by atoms with van der Waals surface area (Å²) < 4.78 is 0. The molecule has 2 saturated heterocycles. The molecule has 0 atom stereocenters. The molecule has 0 saturated carbocycles. The van der Waals surface area contributed by atoms with Crippen molar-refractivity contribution in [2.24, 2.45) is 0 Å². The summed E-state index contributed by atoms with van der Waals surface area (Å²) in [5, 5.41) is 5.20. The number of carbonyl (C=O) groups excluding carboxylic acids is 2. The summed E-state index contributed by atoms with van der Waals surface area (Å²) in [4.78, 5) is 30.9. The van der Waals surface area contributed by atoms with Crippen LogP contribution in [-0.4, -0.2) is 52.0 Å². The highest BCUT2D eigenvalue weighted by atomic mass is 32.2. The number of urea groups is 1. The number of thiophene rings is 1. The minimum Gasteiger partial charge on any atom is -0.324 e. The van der Waals surface area contributed by atoms with Crippen molar-refractivity contribution in [1.29, 1.82) is 0 Å². The van der Waals surface area contributed by atoms with E-state index in [1.54, 1.807) is 0 Å². The van der Waals surface area contributed by atoms with Crippen molar-refractivity contribution in [2.45, 2.75) is 57.2 Å². The van der Waals surface area contributed by atoms with Crippen LogP contribution in [0.5, 0.6) is 0 Å². The topological polar surface area (TPSA) is 52.7 Å². The van der Waals surface area contributed by atoms with E-state index in [2.05, 4.69) is 56.1 Å². The molecule has 3 heterocycles. The first kappa shape index (κ1) is 23.2. The number of nitrogens with one attached hydrogen (secondary N) is 1. The zero-order valence-corrected chi connectivity index (χ0v) is 21.0. The number of carbonyl (C=O) groups is 2. The van der Waals surface area contributed by atoms with Crippen molar-refractivity contribution >= 4 is 40.7 Å². The first-order valence-electron chi connectivity index (χ1n) is 11.5. The number of piperidine rings is 1. The minimum atomic E-state index is -0.184. The highest BCUT2D eigenvalue weighted by molar-refractivity contribution is 8.00. The maximum atomic E-state index is 13.3. The highest BCUT2D eigenvalue weighted by Gasteiger charge is 2.47. The lowest BCUT2D eigenvalue weighted by atomic mass is 9.92. The van der Waals surface area contributed by atoms with Gasteiger partial charge in [0.2, 0.25) is 0 Å². The second-order valence-electron chi connectivity index (χ2n) is 9.27. The van der Waals surface area contributed by atoms with Crippen LogP contribution in [0, 0.1) is 0 Å². The molecule has 0 aliphatic carbocycles. The van der Waals surface area contributed by atoms with Gasteiger partial charge in [-0.05, 0) is 47.3 Å². The van der Waals surface area contributed by atoms with Gasteiger partial charge in [-0.2, -0.15) is 0 Å². The molecular formula is C25H33N3O2S2. The van der Waals surface area contributed by atoms with Gasteiger partial charge in [0.25, 0.3) is 5.91 Å². The summed E-state index contributed by atoms with van der Waals surface area (Å²) >= 11 is 3.39. The molecule has 2 fully saturated rings. The van der Waals surface area contributed by atoms with Crippen molar-refractivity contribution < 1.29 is 9.59 Å². The Morgan fingerprint density at radius 1 is 0.969 bits per heavy atom. The summed E-state index contributed by atoms with van der Waals surface area (Å²) in [6.07, 6.45) is 1.62. The number of amides is 3. The lowest BCUT2D eigenvalue weighted by Gasteiger charge is -2.44. The lowest BCUT2D eigenvalue weighted by Crippen LogP contribution is -2.54. The molecule has 1 N–H and O–H groups in total. The third-order valence-electron chi connectivity index (χ3n) is 6.59. The van der Waals surface area contributed by atoms with Crippen LogP contribution in [0.1, 0.15) is 73.2 Å². The fourth-order valence-electron chi connectivity index (χ4n) is 4.78. The second kappa shape index (κ2) is 9.48. The number of thioether (sulfide) groups is 1. The van der Waals surface area contributed by atoms with E-state index in [4.69, 9.17) is 0 Å². The monoisotopic (exact) mass is 471 g/mol. The van der Waals surface area contributed by atoms with E-state index in [-0.39, 0.29) is 16.8 Å². The second-order valence-corrected chi connectivity index (χ2v) is 11.7. The maximum absolute atomic E-state index is 13.3. The lowest BCUT2D eigenvalue weighted by molar-refractivity contribution is 0.0590. The number of likely N-dealkylation sites (tertiary alicyclic amines) is 1. The molecule has 172 valence electrons. The van der Waals surface area contributed by atoms with E-state index in [1.807, 2.05) is 34.2 Å². The van der Waals surface area contributed by atoms with Crippen LogP contribution in [0.25, 0.3) is 0 Å². The Morgan fingerprint density at radius 2 is 1.62 bits per heavy atom. The number of benzene rings is 1. The Bertz CT molecular complexity index is 937. The molecule has 7 heteroatoms. The number of para-hydroxylation sites is 1. The maximum Gasteiger partial charge on any atom is 0.321 e. The fraction of sp³-hybridized carbons (Fsp3) is 0.520. The van der Waals surface area contributed by atoms with Gasteiger partial charge < -0.3 is 15.1 Å². The molecule has 0 bridgehead atoms. The summed E-state index contributed by atoms with van der Waals surface area (Å²) in [7, 11) is 0. The van der Waals surface area contributed by atoms with Gasteiger partial charge in [-0.25, -0.2) is 4.79 Å². The Hall–Kier alpha value is -1.99. The van der Waals surface area contributed by atoms with Gasteiger partial charge >= 0.3 is 6.03 Å². The molecule has 1 spiro atoms. The first-order valence-corrected chi connectivity index (χ1v) is 13.4. The van der Waals surface area contributed by atoms with Crippen molar-refractivity contribution in [3.8, 4) is 0 Å². The summed E-state index contributed by atoms with van der Waals surface area (Å²) in [5.74, 6) is 1.76. The zero-order valence-electron chi connectivity index (χ0n) is 19.4. The van der Waals surface area contributed by atoms with Gasteiger partial charge in [-0.3, -0.25) is 4.79 Å². The smallest absolute Gasteiger partial charge is 0.321 e. The Kier molecular flexibility index (Phi) is 6.86. The van der Waals surface area contributed by atoms with Crippen molar-refractivity contribution in [1.82, 2.24) is 9.80 Å². The SMILES string of the molecule is CC(C)c1cccc(C(C)C)c1NC(=O)N1CCC2(CC1)SCCN2C(=O)c1cccs1. The summed E-state index contributed by atoms with van der Waals surface area (Å²) in [6, 6.07) is 10.1. The fourth-order valence-corrected chi connectivity index (χ4v) is 6.91. The predicted octanol–water partition coefficient (Wildman–Crippen LogP) is 6.21. The number of nitrogens with zero attached hydrogens (tertiary/aromatic N) is 2. The Balaban J connectivity index is 1.46.